The first-order chi connectivity index (χ1) is 8.33. The summed E-state index contributed by atoms with van der Waals surface area (Å²) >= 11 is 0. The van der Waals surface area contributed by atoms with E-state index in [-0.39, 0.29) is 0 Å². The summed E-state index contributed by atoms with van der Waals surface area (Å²) in [6.07, 6.45) is 7.38. The number of hydrogen-bond acceptors (Lipinski definition) is 3. The Morgan fingerprint density at radius 2 is 2.35 bits per heavy atom. The van der Waals surface area contributed by atoms with Gasteiger partial charge in [-0.3, -0.25) is 0 Å². The van der Waals surface area contributed by atoms with Crippen LogP contribution in [0.2, 0.25) is 0 Å². The van der Waals surface area contributed by atoms with Crippen LogP contribution in [0.3, 0.4) is 0 Å². The predicted octanol–water partition coefficient (Wildman–Crippen LogP) is 2.64. The summed E-state index contributed by atoms with van der Waals surface area (Å²) in [5.41, 5.74) is 2.10. The van der Waals surface area contributed by atoms with Crippen LogP contribution in [0.15, 0.2) is 18.3 Å². The molecule has 1 saturated carbocycles. The number of hydrogen-bond donors (Lipinski definition) is 1. The lowest BCUT2D eigenvalue weighted by molar-refractivity contribution is 0.685. The highest BCUT2D eigenvalue weighted by Crippen LogP contribution is 2.33. The molecule has 0 atom stereocenters. The summed E-state index contributed by atoms with van der Waals surface area (Å²) in [5, 5.41) is 7.70. The normalized spacial score (nSPS) is 15.4. The molecule has 0 unspecified atom stereocenters. The first-order valence-corrected chi connectivity index (χ1v) is 6.39. The molecule has 2 aromatic heterocycles. The molecule has 1 aliphatic carbocycles. The Labute approximate surface area is 101 Å². The second-order valence-electron chi connectivity index (χ2n) is 4.91. The van der Waals surface area contributed by atoms with Crippen LogP contribution in [0.1, 0.15) is 31.2 Å². The highest BCUT2D eigenvalue weighted by atomic mass is 15.3. The van der Waals surface area contributed by atoms with E-state index in [0.29, 0.717) is 0 Å². The molecule has 1 N–H and O–H groups in total. The Morgan fingerprint density at radius 1 is 1.47 bits per heavy atom. The zero-order chi connectivity index (χ0) is 11.7. The van der Waals surface area contributed by atoms with Gasteiger partial charge in [-0.05, 0) is 37.3 Å². The van der Waals surface area contributed by atoms with E-state index >= 15 is 0 Å². The second kappa shape index (κ2) is 4.35. The van der Waals surface area contributed by atoms with Crippen molar-refractivity contribution < 1.29 is 0 Å². The number of rotatable bonds is 5. The van der Waals surface area contributed by atoms with Gasteiger partial charge in [-0.1, -0.05) is 18.9 Å². The third kappa shape index (κ3) is 2.40. The van der Waals surface area contributed by atoms with Crippen LogP contribution in [0.5, 0.6) is 0 Å². The standard InChI is InChI=1S/C13H18N4/c1-10-4-3-9-17-12(10)15-13(16-17)14-8-2-5-11-6-7-11/h3-4,9,11H,2,5-8H2,1H3,(H,14,16). The highest BCUT2D eigenvalue weighted by molar-refractivity contribution is 5.49. The third-order valence-electron chi connectivity index (χ3n) is 3.33. The average Bonchev–Trinajstić information content (AvgIpc) is 3.04. The van der Waals surface area contributed by atoms with Crippen molar-refractivity contribution in [2.45, 2.75) is 32.6 Å². The number of aryl methyl sites for hydroxylation is 1. The largest absolute Gasteiger partial charge is 0.353 e. The lowest BCUT2D eigenvalue weighted by Crippen LogP contribution is -2.03. The van der Waals surface area contributed by atoms with Crippen LogP contribution >= 0.6 is 0 Å². The van der Waals surface area contributed by atoms with E-state index in [9.17, 15) is 0 Å². The number of pyridine rings is 1. The van der Waals surface area contributed by atoms with Crippen LogP contribution in [0, 0.1) is 12.8 Å². The van der Waals surface area contributed by atoms with Crippen LogP contribution < -0.4 is 5.32 Å². The molecule has 90 valence electrons. The molecule has 0 aromatic carbocycles. The summed E-state index contributed by atoms with van der Waals surface area (Å²) in [5.74, 6) is 1.75. The van der Waals surface area contributed by atoms with Crippen LogP contribution in [0.25, 0.3) is 5.65 Å². The molecule has 0 amide bonds. The lowest BCUT2D eigenvalue weighted by atomic mass is 10.2. The van der Waals surface area contributed by atoms with Gasteiger partial charge in [0.2, 0.25) is 5.95 Å². The topological polar surface area (TPSA) is 42.2 Å². The fourth-order valence-electron chi connectivity index (χ4n) is 2.11. The molecule has 3 rings (SSSR count). The van der Waals surface area contributed by atoms with E-state index in [1.54, 1.807) is 0 Å². The van der Waals surface area contributed by atoms with Gasteiger partial charge >= 0.3 is 0 Å². The third-order valence-corrected chi connectivity index (χ3v) is 3.33. The van der Waals surface area contributed by atoms with E-state index in [4.69, 9.17) is 0 Å². The molecule has 0 radical (unpaired) electrons. The Bertz CT molecular complexity index is 513. The number of aromatic nitrogens is 3. The van der Waals surface area contributed by atoms with Gasteiger partial charge in [0.05, 0.1) is 0 Å². The van der Waals surface area contributed by atoms with Crippen LogP contribution in [-0.4, -0.2) is 21.1 Å². The van der Waals surface area contributed by atoms with E-state index in [1.807, 2.05) is 16.8 Å². The predicted molar refractivity (Wildman–Crippen MR) is 68.2 cm³/mol. The van der Waals surface area contributed by atoms with Crippen molar-refractivity contribution >= 4 is 11.6 Å². The quantitative estimate of drug-likeness (QED) is 0.803. The minimum atomic E-state index is 0.745. The zero-order valence-electron chi connectivity index (χ0n) is 10.2. The van der Waals surface area contributed by atoms with E-state index in [2.05, 4.69) is 28.4 Å². The summed E-state index contributed by atoms with van der Waals surface area (Å²) in [6.45, 7) is 3.04. The molecule has 0 saturated heterocycles. The van der Waals surface area contributed by atoms with E-state index in [0.717, 1.165) is 29.6 Å². The highest BCUT2D eigenvalue weighted by Gasteiger charge is 2.19. The summed E-state index contributed by atoms with van der Waals surface area (Å²) < 4.78 is 1.83. The molecule has 0 spiro atoms. The molecule has 2 aromatic rings. The molecule has 1 aliphatic rings. The molecule has 17 heavy (non-hydrogen) atoms. The zero-order valence-corrected chi connectivity index (χ0v) is 10.2. The first kappa shape index (κ1) is 10.6. The van der Waals surface area contributed by atoms with Gasteiger partial charge in [0, 0.05) is 12.7 Å². The number of anilines is 1. The van der Waals surface area contributed by atoms with Crippen molar-refractivity contribution in [2.75, 3.05) is 11.9 Å². The molecule has 0 bridgehead atoms. The second-order valence-corrected chi connectivity index (χ2v) is 4.91. The van der Waals surface area contributed by atoms with Gasteiger partial charge in [0.1, 0.15) is 0 Å². The summed E-state index contributed by atoms with van der Waals surface area (Å²) in [4.78, 5) is 4.49. The lowest BCUT2D eigenvalue weighted by Gasteiger charge is -1.99. The number of nitrogens with zero attached hydrogens (tertiary/aromatic N) is 3. The number of fused-ring (bicyclic) bond motifs is 1. The Morgan fingerprint density at radius 3 is 3.12 bits per heavy atom. The van der Waals surface area contributed by atoms with Crippen molar-refractivity contribution in [1.29, 1.82) is 0 Å². The fraction of sp³-hybridized carbons (Fsp3) is 0.538. The van der Waals surface area contributed by atoms with Gasteiger partial charge in [-0.25, -0.2) is 4.52 Å². The fourth-order valence-corrected chi connectivity index (χ4v) is 2.11. The molecule has 1 fully saturated rings. The van der Waals surface area contributed by atoms with E-state index in [1.165, 1.54) is 25.7 Å². The molecule has 4 nitrogen and oxygen atoms in total. The molecule has 2 heterocycles. The van der Waals surface area contributed by atoms with Crippen LogP contribution in [-0.2, 0) is 0 Å². The Hall–Kier alpha value is -1.58. The minimum Gasteiger partial charge on any atom is -0.353 e. The average molecular weight is 230 g/mol. The maximum Gasteiger partial charge on any atom is 0.243 e. The Balaban J connectivity index is 1.62. The van der Waals surface area contributed by atoms with Crippen molar-refractivity contribution in [3.05, 3.63) is 23.9 Å². The van der Waals surface area contributed by atoms with Crippen LogP contribution in [0.4, 0.5) is 5.95 Å². The van der Waals surface area contributed by atoms with Gasteiger partial charge in [-0.15, -0.1) is 5.10 Å². The maximum absolute atomic E-state index is 4.49. The molecule has 4 heteroatoms. The van der Waals surface area contributed by atoms with Gasteiger partial charge < -0.3 is 5.32 Å². The van der Waals surface area contributed by atoms with Gasteiger partial charge in [-0.2, -0.15) is 4.98 Å². The molecular weight excluding hydrogens is 212 g/mol. The molecule has 0 aliphatic heterocycles. The van der Waals surface area contributed by atoms with Crippen molar-refractivity contribution in [2.24, 2.45) is 5.92 Å². The van der Waals surface area contributed by atoms with Gasteiger partial charge in [0.15, 0.2) is 5.65 Å². The maximum atomic E-state index is 4.49. The summed E-state index contributed by atoms with van der Waals surface area (Å²) in [7, 11) is 0. The number of nitrogens with one attached hydrogen (secondary N) is 1. The Kier molecular flexibility index (Phi) is 2.71. The van der Waals surface area contributed by atoms with Crippen molar-refractivity contribution in [3.63, 3.8) is 0 Å². The summed E-state index contributed by atoms with van der Waals surface area (Å²) in [6, 6.07) is 4.05. The monoisotopic (exact) mass is 230 g/mol. The van der Waals surface area contributed by atoms with Gasteiger partial charge in [0.25, 0.3) is 0 Å². The van der Waals surface area contributed by atoms with Crippen molar-refractivity contribution in [1.82, 2.24) is 14.6 Å². The smallest absolute Gasteiger partial charge is 0.243 e. The SMILES string of the molecule is Cc1cccn2nc(NCCCC3CC3)nc12. The molecular formula is C13H18N4. The first-order valence-electron chi connectivity index (χ1n) is 6.39. The minimum absolute atomic E-state index is 0.745. The van der Waals surface area contributed by atoms with Crippen molar-refractivity contribution in [3.8, 4) is 0 Å². The van der Waals surface area contributed by atoms with E-state index < -0.39 is 0 Å².